The first kappa shape index (κ1) is 6.03. The van der Waals surface area contributed by atoms with Gasteiger partial charge in [0.15, 0.2) is 12.2 Å². The molecule has 0 bridgehead atoms. The minimum atomic E-state index is 0.691. The Morgan fingerprint density at radius 1 is 1.55 bits per heavy atom. The van der Waals surface area contributed by atoms with Gasteiger partial charge in [-0.2, -0.15) is 0 Å². The van der Waals surface area contributed by atoms with Crippen LogP contribution in [0.15, 0.2) is 29.3 Å². The highest BCUT2D eigenvalue weighted by Crippen LogP contribution is 2.18. The number of H-pyrrole nitrogens is 1. The first-order valence-corrected chi connectivity index (χ1v) is 3.19. The molecule has 4 nitrogen and oxygen atoms in total. The molecule has 11 heavy (non-hydrogen) atoms. The number of aromatic nitrogens is 2. The highest BCUT2D eigenvalue weighted by atomic mass is 16.3. The summed E-state index contributed by atoms with van der Waals surface area (Å²) in [4.78, 5) is 6.73. The molecule has 2 aromatic heterocycles. The van der Waals surface area contributed by atoms with E-state index in [2.05, 4.69) is 9.97 Å². The number of nitrogen functional groups attached to an aromatic ring is 1. The second-order valence-corrected chi connectivity index (χ2v) is 2.21. The summed E-state index contributed by atoms with van der Waals surface area (Å²) >= 11 is 0. The molecule has 0 amide bonds. The number of oxazole rings is 1. The fraction of sp³-hybridized carbons (Fsp3) is 0. The van der Waals surface area contributed by atoms with Gasteiger partial charge in [-0.3, -0.25) is 0 Å². The zero-order valence-electron chi connectivity index (χ0n) is 5.74. The van der Waals surface area contributed by atoms with Crippen LogP contribution in [0.5, 0.6) is 0 Å². The minimum Gasteiger partial charge on any atom is -0.442 e. The van der Waals surface area contributed by atoms with E-state index in [1.165, 1.54) is 6.39 Å². The maximum absolute atomic E-state index is 5.49. The molecule has 2 rings (SSSR count). The van der Waals surface area contributed by atoms with Crippen molar-refractivity contribution in [3.63, 3.8) is 0 Å². The molecule has 0 fully saturated rings. The molecule has 56 valence electrons. The Labute approximate surface area is 63.1 Å². The van der Waals surface area contributed by atoms with Crippen LogP contribution in [-0.2, 0) is 0 Å². The molecule has 2 heterocycles. The van der Waals surface area contributed by atoms with Gasteiger partial charge in [-0.25, -0.2) is 4.98 Å². The van der Waals surface area contributed by atoms with Gasteiger partial charge in [-0.05, 0) is 6.07 Å². The number of nitrogens with one attached hydrogen (secondary N) is 1. The van der Waals surface area contributed by atoms with Gasteiger partial charge < -0.3 is 15.1 Å². The topological polar surface area (TPSA) is 67.8 Å². The summed E-state index contributed by atoms with van der Waals surface area (Å²) in [5.74, 6) is 0.696. The van der Waals surface area contributed by atoms with Crippen LogP contribution in [-0.4, -0.2) is 9.97 Å². The van der Waals surface area contributed by atoms with Gasteiger partial charge in [0.2, 0.25) is 0 Å². The van der Waals surface area contributed by atoms with Crippen molar-refractivity contribution in [3.05, 3.63) is 24.9 Å². The van der Waals surface area contributed by atoms with E-state index in [0.29, 0.717) is 11.4 Å². The van der Waals surface area contributed by atoms with Crippen molar-refractivity contribution >= 4 is 5.69 Å². The highest BCUT2D eigenvalue weighted by molar-refractivity contribution is 5.57. The molecule has 0 spiro atoms. The third kappa shape index (κ3) is 0.980. The van der Waals surface area contributed by atoms with Gasteiger partial charge in [0.1, 0.15) is 0 Å². The molecular weight excluding hydrogens is 142 g/mol. The second-order valence-electron chi connectivity index (χ2n) is 2.21. The quantitative estimate of drug-likeness (QED) is 0.641. The van der Waals surface area contributed by atoms with Crippen molar-refractivity contribution in [1.82, 2.24) is 9.97 Å². The number of anilines is 1. The van der Waals surface area contributed by atoms with Crippen LogP contribution in [0.3, 0.4) is 0 Å². The summed E-state index contributed by atoms with van der Waals surface area (Å²) in [5.41, 5.74) is 7.03. The number of hydrogen-bond acceptors (Lipinski definition) is 3. The van der Waals surface area contributed by atoms with E-state index >= 15 is 0 Å². The SMILES string of the molecule is Nc1c[nH]c(-c2cnco2)c1. The van der Waals surface area contributed by atoms with Gasteiger partial charge in [0, 0.05) is 11.9 Å². The Hall–Kier alpha value is -1.71. The van der Waals surface area contributed by atoms with Crippen molar-refractivity contribution < 1.29 is 4.42 Å². The molecule has 3 N–H and O–H groups in total. The van der Waals surface area contributed by atoms with Crippen LogP contribution in [0.1, 0.15) is 0 Å². The van der Waals surface area contributed by atoms with Crippen molar-refractivity contribution in [2.24, 2.45) is 0 Å². The molecule has 0 atom stereocenters. The first-order chi connectivity index (χ1) is 5.36. The van der Waals surface area contributed by atoms with Gasteiger partial charge in [0.25, 0.3) is 0 Å². The Balaban J connectivity index is 2.45. The van der Waals surface area contributed by atoms with Crippen LogP contribution in [0.2, 0.25) is 0 Å². The molecule has 0 unspecified atom stereocenters. The lowest BCUT2D eigenvalue weighted by molar-refractivity contribution is 0.570. The van der Waals surface area contributed by atoms with E-state index in [4.69, 9.17) is 10.2 Å². The summed E-state index contributed by atoms with van der Waals surface area (Å²) < 4.78 is 5.03. The first-order valence-electron chi connectivity index (χ1n) is 3.19. The van der Waals surface area contributed by atoms with Crippen LogP contribution in [0, 0.1) is 0 Å². The lowest BCUT2D eigenvalue weighted by Gasteiger charge is -1.85. The predicted octanol–water partition coefficient (Wildman–Crippen LogP) is 1.25. The van der Waals surface area contributed by atoms with E-state index in [9.17, 15) is 0 Å². The summed E-state index contributed by atoms with van der Waals surface area (Å²) in [6.07, 6.45) is 4.72. The monoisotopic (exact) mass is 149 g/mol. The largest absolute Gasteiger partial charge is 0.442 e. The third-order valence-corrected chi connectivity index (χ3v) is 1.40. The molecule has 0 saturated carbocycles. The van der Waals surface area contributed by atoms with Gasteiger partial charge in [-0.15, -0.1) is 0 Å². The normalized spacial score (nSPS) is 10.2. The number of nitrogens with zero attached hydrogens (tertiary/aromatic N) is 1. The molecule has 0 radical (unpaired) electrons. The highest BCUT2D eigenvalue weighted by Gasteiger charge is 2.01. The number of nitrogens with two attached hydrogens (primary N) is 1. The van der Waals surface area contributed by atoms with Crippen molar-refractivity contribution in [2.45, 2.75) is 0 Å². The van der Waals surface area contributed by atoms with Crippen LogP contribution in [0.4, 0.5) is 5.69 Å². The Bertz CT molecular complexity index is 336. The fourth-order valence-corrected chi connectivity index (χ4v) is 0.902. The van der Waals surface area contributed by atoms with E-state index in [1.54, 1.807) is 18.5 Å². The standard InChI is InChI=1S/C7H7N3O/c8-5-1-6(10-2-5)7-3-9-4-11-7/h1-4,10H,8H2. The fourth-order valence-electron chi connectivity index (χ4n) is 0.902. The maximum atomic E-state index is 5.49. The van der Waals surface area contributed by atoms with E-state index in [1.807, 2.05) is 0 Å². The van der Waals surface area contributed by atoms with Gasteiger partial charge in [0.05, 0.1) is 11.9 Å². The molecule has 4 heteroatoms. The van der Waals surface area contributed by atoms with E-state index in [-0.39, 0.29) is 0 Å². The molecule has 2 aromatic rings. The number of hydrogen-bond donors (Lipinski definition) is 2. The molecular formula is C7H7N3O. The average Bonchev–Trinajstić information content (AvgIpc) is 2.55. The predicted molar refractivity (Wildman–Crippen MR) is 40.7 cm³/mol. The number of aromatic amines is 1. The average molecular weight is 149 g/mol. The Kier molecular flexibility index (Phi) is 1.18. The zero-order chi connectivity index (χ0) is 7.68. The Morgan fingerprint density at radius 3 is 3.00 bits per heavy atom. The summed E-state index contributed by atoms with van der Waals surface area (Å²) in [6, 6.07) is 1.79. The van der Waals surface area contributed by atoms with Crippen molar-refractivity contribution in [1.29, 1.82) is 0 Å². The molecule has 0 saturated heterocycles. The van der Waals surface area contributed by atoms with Crippen LogP contribution < -0.4 is 5.73 Å². The molecule has 0 aliphatic rings. The summed E-state index contributed by atoms with van der Waals surface area (Å²) in [7, 11) is 0. The zero-order valence-corrected chi connectivity index (χ0v) is 5.74. The van der Waals surface area contributed by atoms with Crippen LogP contribution in [0.25, 0.3) is 11.5 Å². The smallest absolute Gasteiger partial charge is 0.181 e. The molecule has 0 aliphatic carbocycles. The van der Waals surface area contributed by atoms with Gasteiger partial charge >= 0.3 is 0 Å². The van der Waals surface area contributed by atoms with Crippen molar-refractivity contribution in [3.8, 4) is 11.5 Å². The van der Waals surface area contributed by atoms with E-state index in [0.717, 1.165) is 5.69 Å². The lowest BCUT2D eigenvalue weighted by atomic mass is 10.3. The second kappa shape index (κ2) is 2.16. The van der Waals surface area contributed by atoms with Gasteiger partial charge in [-0.1, -0.05) is 0 Å². The lowest BCUT2D eigenvalue weighted by Crippen LogP contribution is -1.75. The molecule has 0 aromatic carbocycles. The third-order valence-electron chi connectivity index (χ3n) is 1.40. The van der Waals surface area contributed by atoms with Crippen molar-refractivity contribution in [2.75, 3.05) is 5.73 Å². The minimum absolute atomic E-state index is 0.691. The summed E-state index contributed by atoms with van der Waals surface area (Å²) in [5, 5.41) is 0. The van der Waals surface area contributed by atoms with Crippen LogP contribution >= 0.6 is 0 Å². The Morgan fingerprint density at radius 2 is 2.45 bits per heavy atom. The number of rotatable bonds is 1. The summed E-state index contributed by atoms with van der Waals surface area (Å²) in [6.45, 7) is 0. The van der Waals surface area contributed by atoms with E-state index < -0.39 is 0 Å². The maximum Gasteiger partial charge on any atom is 0.181 e. The molecule has 0 aliphatic heterocycles.